The summed E-state index contributed by atoms with van der Waals surface area (Å²) in [6.07, 6.45) is 3.40. The van der Waals surface area contributed by atoms with Gasteiger partial charge in [-0.25, -0.2) is 4.98 Å². The molecule has 0 aliphatic carbocycles. The monoisotopic (exact) mass is 217 g/mol. The third kappa shape index (κ3) is 2.64. The topological polar surface area (TPSA) is 66.5 Å². The Morgan fingerprint density at radius 3 is 2.88 bits per heavy atom. The summed E-state index contributed by atoms with van der Waals surface area (Å²) in [5, 5.41) is 10.0. The Labute approximate surface area is 94.3 Å². The number of hydrogen-bond donors (Lipinski definition) is 2. The van der Waals surface area contributed by atoms with E-state index in [4.69, 9.17) is 0 Å². The summed E-state index contributed by atoms with van der Waals surface area (Å²) in [6, 6.07) is 4.24. The Bertz CT molecular complexity index is 420. The molecule has 0 aliphatic heterocycles. The maximum atomic E-state index is 4.24. The van der Waals surface area contributed by atoms with Gasteiger partial charge in [-0.3, -0.25) is 10.1 Å². The van der Waals surface area contributed by atoms with Gasteiger partial charge < -0.3 is 5.32 Å². The van der Waals surface area contributed by atoms with Gasteiger partial charge >= 0.3 is 0 Å². The van der Waals surface area contributed by atoms with Crippen LogP contribution < -0.4 is 5.32 Å². The number of nitrogens with zero attached hydrogens (tertiary/aromatic N) is 3. The third-order valence-electron chi connectivity index (χ3n) is 2.43. The normalized spacial score (nSPS) is 12.6. The molecular formula is C11H15N5. The lowest BCUT2D eigenvalue weighted by molar-refractivity contribution is 0.547. The van der Waals surface area contributed by atoms with E-state index in [1.807, 2.05) is 26.1 Å². The van der Waals surface area contributed by atoms with Crippen LogP contribution in [-0.4, -0.2) is 20.2 Å². The van der Waals surface area contributed by atoms with E-state index < -0.39 is 0 Å². The van der Waals surface area contributed by atoms with Crippen LogP contribution in [0.3, 0.4) is 0 Å². The molecule has 2 aromatic rings. The fourth-order valence-electron chi connectivity index (χ4n) is 1.39. The second-order valence-corrected chi connectivity index (χ2v) is 3.78. The van der Waals surface area contributed by atoms with Crippen molar-refractivity contribution in [3.05, 3.63) is 41.7 Å². The minimum absolute atomic E-state index is 0.156. The van der Waals surface area contributed by atoms with E-state index in [9.17, 15) is 0 Å². The summed E-state index contributed by atoms with van der Waals surface area (Å²) in [6.45, 7) is 4.80. The lowest BCUT2D eigenvalue weighted by Crippen LogP contribution is -2.19. The van der Waals surface area contributed by atoms with Crippen LogP contribution in [0.15, 0.2) is 24.7 Å². The average molecular weight is 217 g/mol. The molecule has 2 heterocycles. The van der Waals surface area contributed by atoms with Crippen molar-refractivity contribution < 1.29 is 0 Å². The van der Waals surface area contributed by atoms with Crippen LogP contribution in [0.2, 0.25) is 0 Å². The first-order chi connectivity index (χ1) is 7.75. The van der Waals surface area contributed by atoms with Gasteiger partial charge in [-0.1, -0.05) is 6.07 Å². The Hall–Kier alpha value is -1.75. The van der Waals surface area contributed by atoms with Crippen LogP contribution in [0.5, 0.6) is 0 Å². The molecule has 5 nitrogen and oxygen atoms in total. The molecule has 2 rings (SSSR count). The van der Waals surface area contributed by atoms with Gasteiger partial charge in [-0.2, -0.15) is 5.10 Å². The number of hydrogen-bond acceptors (Lipinski definition) is 4. The van der Waals surface area contributed by atoms with E-state index in [0.29, 0.717) is 0 Å². The molecule has 0 fully saturated rings. The fraction of sp³-hybridized carbons (Fsp3) is 0.364. The van der Waals surface area contributed by atoms with Gasteiger partial charge in [0.2, 0.25) is 0 Å². The second-order valence-electron chi connectivity index (χ2n) is 3.78. The van der Waals surface area contributed by atoms with Crippen LogP contribution in [0, 0.1) is 6.92 Å². The van der Waals surface area contributed by atoms with Crippen LogP contribution >= 0.6 is 0 Å². The average Bonchev–Trinajstić information content (AvgIpc) is 2.81. The predicted molar refractivity (Wildman–Crippen MR) is 60.6 cm³/mol. The number of aryl methyl sites for hydroxylation is 1. The van der Waals surface area contributed by atoms with Crippen molar-refractivity contribution >= 4 is 0 Å². The van der Waals surface area contributed by atoms with Gasteiger partial charge in [-0.05, 0) is 25.5 Å². The molecule has 0 spiro atoms. The van der Waals surface area contributed by atoms with Crippen molar-refractivity contribution in [1.29, 1.82) is 0 Å². The van der Waals surface area contributed by atoms with Crippen molar-refractivity contribution in [2.45, 2.75) is 26.4 Å². The molecule has 2 aromatic heterocycles. The second kappa shape index (κ2) is 4.85. The van der Waals surface area contributed by atoms with E-state index in [1.165, 1.54) is 6.33 Å². The Morgan fingerprint density at radius 1 is 1.38 bits per heavy atom. The van der Waals surface area contributed by atoms with Gasteiger partial charge in [0.1, 0.15) is 12.2 Å². The first kappa shape index (κ1) is 10.8. The lowest BCUT2D eigenvalue weighted by Gasteiger charge is -2.10. The highest BCUT2D eigenvalue weighted by molar-refractivity contribution is 5.13. The van der Waals surface area contributed by atoms with Crippen molar-refractivity contribution in [2.75, 3.05) is 0 Å². The van der Waals surface area contributed by atoms with Crippen molar-refractivity contribution in [1.82, 2.24) is 25.5 Å². The summed E-state index contributed by atoms with van der Waals surface area (Å²) >= 11 is 0. The number of aromatic amines is 1. The van der Waals surface area contributed by atoms with Crippen LogP contribution in [0.25, 0.3) is 0 Å². The molecule has 0 aliphatic rings. The minimum Gasteiger partial charge on any atom is -0.303 e. The summed E-state index contributed by atoms with van der Waals surface area (Å²) in [5.41, 5.74) is 2.20. The fourth-order valence-corrected chi connectivity index (χ4v) is 1.39. The van der Waals surface area contributed by atoms with Crippen molar-refractivity contribution in [2.24, 2.45) is 0 Å². The largest absolute Gasteiger partial charge is 0.303 e. The predicted octanol–water partition coefficient (Wildman–Crippen LogP) is 1.36. The van der Waals surface area contributed by atoms with Gasteiger partial charge in [-0.15, -0.1) is 0 Å². The first-order valence-corrected chi connectivity index (χ1v) is 5.26. The van der Waals surface area contributed by atoms with Gasteiger partial charge in [0.05, 0.1) is 6.04 Å². The van der Waals surface area contributed by atoms with E-state index in [2.05, 4.69) is 31.5 Å². The summed E-state index contributed by atoms with van der Waals surface area (Å²) in [7, 11) is 0. The SMILES string of the molecule is Cc1ccc(CNC(C)c2ncn[nH]2)cn1. The third-order valence-corrected chi connectivity index (χ3v) is 2.43. The van der Waals surface area contributed by atoms with E-state index in [1.54, 1.807) is 0 Å². The maximum Gasteiger partial charge on any atom is 0.141 e. The smallest absolute Gasteiger partial charge is 0.141 e. The number of rotatable bonds is 4. The zero-order valence-electron chi connectivity index (χ0n) is 9.44. The maximum absolute atomic E-state index is 4.24. The van der Waals surface area contributed by atoms with Crippen LogP contribution in [0.4, 0.5) is 0 Å². The zero-order valence-corrected chi connectivity index (χ0v) is 9.44. The van der Waals surface area contributed by atoms with Crippen LogP contribution in [0.1, 0.15) is 30.0 Å². The molecule has 0 radical (unpaired) electrons. The number of pyridine rings is 1. The zero-order chi connectivity index (χ0) is 11.4. The Kier molecular flexibility index (Phi) is 3.26. The molecular weight excluding hydrogens is 202 g/mol. The van der Waals surface area contributed by atoms with Gasteiger partial charge in [0, 0.05) is 18.4 Å². The first-order valence-electron chi connectivity index (χ1n) is 5.26. The molecule has 2 N–H and O–H groups in total. The molecule has 84 valence electrons. The number of aromatic nitrogens is 4. The molecule has 5 heteroatoms. The highest BCUT2D eigenvalue weighted by Gasteiger charge is 2.06. The Balaban J connectivity index is 1.90. The molecule has 1 atom stereocenters. The van der Waals surface area contributed by atoms with E-state index >= 15 is 0 Å². The van der Waals surface area contributed by atoms with Gasteiger partial charge in [0.15, 0.2) is 0 Å². The quantitative estimate of drug-likeness (QED) is 0.811. The summed E-state index contributed by atoms with van der Waals surface area (Å²) < 4.78 is 0. The highest BCUT2D eigenvalue weighted by atomic mass is 15.2. The molecule has 0 amide bonds. The van der Waals surface area contributed by atoms with Crippen LogP contribution in [-0.2, 0) is 6.54 Å². The standard InChI is InChI=1S/C11H15N5/c1-8-3-4-10(5-12-8)6-13-9(2)11-14-7-15-16-11/h3-5,7,9,13H,6H2,1-2H3,(H,14,15,16). The summed E-state index contributed by atoms with van der Waals surface area (Å²) in [5.74, 6) is 0.847. The van der Waals surface area contributed by atoms with E-state index in [-0.39, 0.29) is 6.04 Å². The molecule has 16 heavy (non-hydrogen) atoms. The number of H-pyrrole nitrogens is 1. The lowest BCUT2D eigenvalue weighted by atomic mass is 10.2. The molecule has 0 saturated heterocycles. The number of nitrogens with one attached hydrogen (secondary N) is 2. The van der Waals surface area contributed by atoms with Crippen molar-refractivity contribution in [3.8, 4) is 0 Å². The molecule has 0 saturated carbocycles. The van der Waals surface area contributed by atoms with Gasteiger partial charge in [0.25, 0.3) is 0 Å². The molecule has 0 aromatic carbocycles. The molecule has 1 unspecified atom stereocenters. The highest BCUT2D eigenvalue weighted by Crippen LogP contribution is 2.06. The van der Waals surface area contributed by atoms with Crippen molar-refractivity contribution in [3.63, 3.8) is 0 Å². The Morgan fingerprint density at radius 2 is 2.25 bits per heavy atom. The minimum atomic E-state index is 0.156. The molecule has 0 bridgehead atoms. The summed E-state index contributed by atoms with van der Waals surface area (Å²) in [4.78, 5) is 8.34. The van der Waals surface area contributed by atoms with E-state index in [0.717, 1.165) is 23.6 Å².